The number of nitrogens with two attached hydrogens (primary N) is 1. The van der Waals surface area contributed by atoms with E-state index in [-0.39, 0.29) is 29.7 Å². The summed E-state index contributed by atoms with van der Waals surface area (Å²) in [5.74, 6) is 1.38. The van der Waals surface area contributed by atoms with Crippen LogP contribution in [0.1, 0.15) is 24.8 Å². The lowest BCUT2D eigenvalue weighted by Gasteiger charge is -2.16. The molecule has 27 heavy (non-hydrogen) atoms. The quantitative estimate of drug-likeness (QED) is 0.588. The molecule has 1 saturated carbocycles. The average molecular weight is 384 g/mol. The van der Waals surface area contributed by atoms with Crippen LogP contribution in [0, 0.1) is 17.2 Å². The first-order chi connectivity index (χ1) is 13.1. The van der Waals surface area contributed by atoms with Gasteiger partial charge in [0, 0.05) is 18.0 Å². The van der Waals surface area contributed by atoms with Crippen LogP contribution >= 0.6 is 11.6 Å². The van der Waals surface area contributed by atoms with Gasteiger partial charge in [0.15, 0.2) is 0 Å². The van der Waals surface area contributed by atoms with Crippen molar-refractivity contribution in [2.75, 3.05) is 17.7 Å². The van der Waals surface area contributed by atoms with Crippen molar-refractivity contribution in [3.63, 3.8) is 0 Å². The minimum absolute atomic E-state index is 0.0748. The number of nitrogens with zero attached hydrogens (tertiary/aromatic N) is 3. The van der Waals surface area contributed by atoms with E-state index >= 15 is 0 Å². The molecule has 3 aromatic rings. The number of halogens is 1. The zero-order valence-electron chi connectivity index (χ0n) is 14.4. The Kier molecular flexibility index (Phi) is 4.60. The van der Waals surface area contributed by atoms with E-state index in [0.717, 1.165) is 24.6 Å². The van der Waals surface area contributed by atoms with Crippen LogP contribution in [0.15, 0.2) is 28.7 Å². The molecule has 2 aromatic heterocycles. The van der Waals surface area contributed by atoms with Gasteiger partial charge in [0.05, 0.1) is 17.2 Å². The van der Waals surface area contributed by atoms with Crippen molar-refractivity contribution in [1.82, 2.24) is 9.97 Å². The van der Waals surface area contributed by atoms with Crippen LogP contribution < -0.4 is 11.1 Å². The number of anilines is 2. The monoisotopic (exact) mass is 383 g/mol. The van der Waals surface area contributed by atoms with Gasteiger partial charge in [-0.2, -0.15) is 10.2 Å². The van der Waals surface area contributed by atoms with Crippen molar-refractivity contribution in [1.29, 1.82) is 5.26 Å². The van der Waals surface area contributed by atoms with E-state index in [4.69, 9.17) is 27.0 Å². The van der Waals surface area contributed by atoms with Crippen molar-refractivity contribution in [3.8, 4) is 17.4 Å². The molecule has 1 aliphatic carbocycles. The van der Waals surface area contributed by atoms with Gasteiger partial charge in [-0.25, -0.2) is 4.98 Å². The number of rotatable bonds is 4. The van der Waals surface area contributed by atoms with E-state index in [0.29, 0.717) is 28.3 Å². The number of benzene rings is 1. The molecule has 0 radical (unpaired) electrons. The maximum Gasteiger partial charge on any atom is 0.223 e. The average Bonchev–Trinajstić information content (AvgIpc) is 3.26. The van der Waals surface area contributed by atoms with E-state index in [1.54, 1.807) is 18.2 Å². The van der Waals surface area contributed by atoms with Gasteiger partial charge in [0.1, 0.15) is 22.3 Å². The Morgan fingerprint density at radius 2 is 2.19 bits per heavy atom. The molecule has 0 aliphatic heterocycles. The zero-order valence-corrected chi connectivity index (χ0v) is 15.2. The summed E-state index contributed by atoms with van der Waals surface area (Å²) >= 11 is 6.37. The molecule has 2 heterocycles. The van der Waals surface area contributed by atoms with Gasteiger partial charge >= 0.3 is 0 Å². The third-order valence-electron chi connectivity index (χ3n) is 4.91. The minimum Gasteiger partial charge on any atom is -0.456 e. The van der Waals surface area contributed by atoms with Crippen LogP contribution in [0.2, 0.25) is 5.15 Å². The van der Waals surface area contributed by atoms with E-state index < -0.39 is 0 Å². The molecule has 2 atom stereocenters. The van der Waals surface area contributed by atoms with Crippen LogP contribution in [0.4, 0.5) is 11.8 Å². The van der Waals surface area contributed by atoms with Gasteiger partial charge in [-0.15, -0.1) is 0 Å². The summed E-state index contributed by atoms with van der Waals surface area (Å²) in [6, 6.07) is 9.30. The number of hydrogen-bond acceptors (Lipinski definition) is 7. The van der Waals surface area contributed by atoms with Gasteiger partial charge in [0.2, 0.25) is 5.95 Å². The van der Waals surface area contributed by atoms with E-state index in [9.17, 15) is 5.11 Å². The van der Waals surface area contributed by atoms with Gasteiger partial charge in [-0.3, -0.25) is 0 Å². The Morgan fingerprint density at radius 3 is 2.93 bits per heavy atom. The summed E-state index contributed by atoms with van der Waals surface area (Å²) in [7, 11) is 0. The van der Waals surface area contributed by atoms with Crippen molar-refractivity contribution in [2.24, 2.45) is 5.92 Å². The molecule has 7 nitrogen and oxygen atoms in total. The molecule has 1 aliphatic rings. The molecule has 0 bridgehead atoms. The fourth-order valence-electron chi connectivity index (χ4n) is 3.57. The van der Waals surface area contributed by atoms with Crippen LogP contribution in [0.3, 0.4) is 0 Å². The molecule has 4 N–H and O–H groups in total. The van der Waals surface area contributed by atoms with Crippen LogP contribution in [0.5, 0.6) is 0 Å². The van der Waals surface area contributed by atoms with Gasteiger partial charge in [0.25, 0.3) is 0 Å². The molecule has 0 saturated heterocycles. The van der Waals surface area contributed by atoms with E-state index in [2.05, 4.69) is 21.4 Å². The molecular weight excluding hydrogens is 366 g/mol. The fourth-order valence-corrected chi connectivity index (χ4v) is 3.84. The van der Waals surface area contributed by atoms with Crippen molar-refractivity contribution in [3.05, 3.63) is 35.0 Å². The molecule has 0 unspecified atom stereocenters. The second-order valence-electron chi connectivity index (χ2n) is 6.77. The number of aliphatic hydroxyl groups is 1. The molecule has 138 valence electrons. The Hall–Kier alpha value is -2.82. The second kappa shape index (κ2) is 7.06. The Labute approximate surface area is 160 Å². The van der Waals surface area contributed by atoms with Crippen molar-refractivity contribution >= 4 is 34.3 Å². The minimum atomic E-state index is 0.0748. The number of aromatic nitrogens is 2. The topological polar surface area (TPSA) is 121 Å². The van der Waals surface area contributed by atoms with E-state index in [1.165, 1.54) is 0 Å². The second-order valence-corrected chi connectivity index (χ2v) is 7.13. The van der Waals surface area contributed by atoms with Crippen LogP contribution in [-0.4, -0.2) is 27.7 Å². The molecule has 4 rings (SSSR count). The lowest BCUT2D eigenvalue weighted by molar-refractivity contribution is 0.229. The first-order valence-electron chi connectivity index (χ1n) is 8.72. The number of hydrogen-bond donors (Lipinski definition) is 3. The SMILES string of the molecule is N#Cc1ccc2oc(-c3c(Cl)nc(N)nc3N[C@H]3CC[C@@H](CO)C3)cc2c1. The summed E-state index contributed by atoms with van der Waals surface area (Å²) in [6.45, 7) is 0.183. The standard InChI is InChI=1S/C19H18ClN5O2/c20-17-16(15-7-12-5-10(8-21)2-4-14(12)27-15)18(25-19(22)24-17)23-13-3-1-11(6-13)9-26/h2,4-5,7,11,13,26H,1,3,6,9H2,(H3,22,23,24,25)/t11-,13+/m1/s1. The predicted octanol–water partition coefficient (Wildman–Crippen LogP) is 3.57. The first-order valence-corrected chi connectivity index (χ1v) is 9.09. The van der Waals surface area contributed by atoms with Crippen molar-refractivity contribution < 1.29 is 9.52 Å². The summed E-state index contributed by atoms with van der Waals surface area (Å²) in [5.41, 5.74) is 7.52. The highest BCUT2D eigenvalue weighted by Gasteiger charge is 2.27. The van der Waals surface area contributed by atoms with Gasteiger partial charge in [-0.05, 0) is 49.4 Å². The number of fused-ring (bicyclic) bond motifs is 1. The maximum absolute atomic E-state index is 9.36. The summed E-state index contributed by atoms with van der Waals surface area (Å²) in [5, 5.41) is 22.8. The highest BCUT2D eigenvalue weighted by molar-refractivity contribution is 6.32. The summed E-state index contributed by atoms with van der Waals surface area (Å²) in [4.78, 5) is 8.38. The lowest BCUT2D eigenvalue weighted by Crippen LogP contribution is -2.18. The number of nitrogen functional groups attached to an aromatic ring is 1. The lowest BCUT2D eigenvalue weighted by atomic mass is 10.1. The number of aliphatic hydroxyl groups excluding tert-OH is 1. The largest absolute Gasteiger partial charge is 0.456 e. The normalized spacial score (nSPS) is 19.3. The highest BCUT2D eigenvalue weighted by atomic mass is 35.5. The Balaban J connectivity index is 1.75. The summed E-state index contributed by atoms with van der Waals surface area (Å²) in [6.07, 6.45) is 2.74. The summed E-state index contributed by atoms with van der Waals surface area (Å²) < 4.78 is 5.93. The molecule has 8 heteroatoms. The molecule has 0 spiro atoms. The number of nitriles is 1. The van der Waals surface area contributed by atoms with E-state index in [1.807, 2.05) is 6.07 Å². The number of furan rings is 1. The van der Waals surface area contributed by atoms with Crippen molar-refractivity contribution in [2.45, 2.75) is 25.3 Å². The predicted molar refractivity (Wildman–Crippen MR) is 103 cm³/mol. The molecular formula is C19H18ClN5O2. The smallest absolute Gasteiger partial charge is 0.223 e. The van der Waals surface area contributed by atoms with Crippen LogP contribution in [-0.2, 0) is 0 Å². The third-order valence-corrected chi connectivity index (χ3v) is 5.19. The number of nitrogens with one attached hydrogen (secondary N) is 1. The Bertz CT molecular complexity index is 1040. The highest BCUT2D eigenvalue weighted by Crippen LogP contribution is 2.38. The molecule has 1 fully saturated rings. The first kappa shape index (κ1) is 17.6. The van der Waals surface area contributed by atoms with Gasteiger partial charge < -0.3 is 20.6 Å². The maximum atomic E-state index is 9.36. The zero-order chi connectivity index (χ0) is 19.0. The van der Waals surface area contributed by atoms with Gasteiger partial charge in [-0.1, -0.05) is 11.6 Å². The molecule has 0 amide bonds. The fraction of sp³-hybridized carbons (Fsp3) is 0.316. The molecule has 1 aromatic carbocycles. The Morgan fingerprint density at radius 1 is 1.33 bits per heavy atom. The third kappa shape index (κ3) is 3.42. The van der Waals surface area contributed by atoms with Crippen LogP contribution in [0.25, 0.3) is 22.3 Å².